The quantitative estimate of drug-likeness (QED) is 0.796. The first-order valence-electron chi connectivity index (χ1n) is 5.98. The molecular formula is C14H18Cl2N2. The van der Waals surface area contributed by atoms with Crippen molar-refractivity contribution in [3.05, 3.63) is 41.7 Å². The Morgan fingerprint density at radius 3 is 2.56 bits per heavy atom. The van der Waals surface area contributed by atoms with E-state index in [-0.39, 0.29) is 17.8 Å². The number of aryl methyl sites for hydroxylation is 1. The fraction of sp³-hybridized carbons (Fsp3) is 0.357. The molecule has 2 aromatic rings. The molecule has 0 bridgehead atoms. The molecule has 1 N–H and O–H groups in total. The fourth-order valence-electron chi connectivity index (χ4n) is 1.90. The Kier molecular flexibility index (Phi) is 5.70. The molecule has 1 unspecified atom stereocenters. The standard InChI is InChI=1S/C14H17ClN2.ClH/c1-3-7-12(15)13-10(2)16-14(17-13)11-8-5-4-6-9-11;/h4-6,8-9,12H,3,7H2,1-2H3,(H,16,17);1H. The number of halogens is 2. The lowest BCUT2D eigenvalue weighted by Gasteiger charge is -2.04. The number of nitrogens with zero attached hydrogens (tertiary/aromatic N) is 1. The van der Waals surface area contributed by atoms with E-state index in [0.717, 1.165) is 35.6 Å². The third-order valence-electron chi connectivity index (χ3n) is 2.81. The fourth-order valence-corrected chi connectivity index (χ4v) is 2.33. The van der Waals surface area contributed by atoms with Crippen molar-refractivity contribution in [1.29, 1.82) is 0 Å². The van der Waals surface area contributed by atoms with E-state index in [1.165, 1.54) is 0 Å². The molecule has 0 spiro atoms. The van der Waals surface area contributed by atoms with E-state index in [2.05, 4.69) is 16.9 Å². The third kappa shape index (κ3) is 3.27. The van der Waals surface area contributed by atoms with Crippen molar-refractivity contribution in [2.75, 3.05) is 0 Å². The van der Waals surface area contributed by atoms with Crippen LogP contribution in [0.2, 0.25) is 0 Å². The smallest absolute Gasteiger partial charge is 0.137 e. The minimum atomic E-state index is 0. The Labute approximate surface area is 119 Å². The highest BCUT2D eigenvalue weighted by molar-refractivity contribution is 6.20. The summed E-state index contributed by atoms with van der Waals surface area (Å²) in [5, 5.41) is 0.00807. The summed E-state index contributed by atoms with van der Waals surface area (Å²) in [5.41, 5.74) is 3.15. The van der Waals surface area contributed by atoms with Gasteiger partial charge in [-0.3, -0.25) is 0 Å². The summed E-state index contributed by atoms with van der Waals surface area (Å²) < 4.78 is 0. The van der Waals surface area contributed by atoms with Crippen LogP contribution in [0.1, 0.15) is 36.5 Å². The Morgan fingerprint density at radius 2 is 1.94 bits per heavy atom. The van der Waals surface area contributed by atoms with Gasteiger partial charge in [0.15, 0.2) is 0 Å². The van der Waals surface area contributed by atoms with Gasteiger partial charge in [0.25, 0.3) is 0 Å². The van der Waals surface area contributed by atoms with Crippen molar-refractivity contribution < 1.29 is 0 Å². The molecule has 0 saturated heterocycles. The molecule has 1 atom stereocenters. The molecule has 0 radical (unpaired) electrons. The van der Waals surface area contributed by atoms with Gasteiger partial charge in [-0.25, -0.2) is 4.98 Å². The van der Waals surface area contributed by atoms with Crippen LogP contribution in [-0.4, -0.2) is 9.97 Å². The van der Waals surface area contributed by atoms with Gasteiger partial charge in [0.05, 0.1) is 11.1 Å². The number of hydrogen-bond acceptors (Lipinski definition) is 1. The highest BCUT2D eigenvalue weighted by Crippen LogP contribution is 2.28. The molecule has 4 heteroatoms. The normalized spacial score (nSPS) is 11.9. The maximum atomic E-state index is 6.33. The summed E-state index contributed by atoms with van der Waals surface area (Å²) in [6, 6.07) is 10.1. The monoisotopic (exact) mass is 284 g/mol. The van der Waals surface area contributed by atoms with Crippen LogP contribution in [0.4, 0.5) is 0 Å². The van der Waals surface area contributed by atoms with Crippen LogP contribution in [0.15, 0.2) is 30.3 Å². The van der Waals surface area contributed by atoms with Crippen molar-refractivity contribution in [3.63, 3.8) is 0 Å². The molecule has 0 fully saturated rings. The highest BCUT2D eigenvalue weighted by atomic mass is 35.5. The average molecular weight is 285 g/mol. The van der Waals surface area contributed by atoms with E-state index in [1.807, 2.05) is 37.3 Å². The van der Waals surface area contributed by atoms with Gasteiger partial charge in [-0.2, -0.15) is 0 Å². The Hall–Kier alpha value is -0.990. The van der Waals surface area contributed by atoms with Gasteiger partial charge in [0.2, 0.25) is 0 Å². The van der Waals surface area contributed by atoms with Crippen LogP contribution in [0.25, 0.3) is 11.4 Å². The second-order valence-corrected chi connectivity index (χ2v) is 4.74. The van der Waals surface area contributed by atoms with Gasteiger partial charge in [0, 0.05) is 11.3 Å². The molecule has 18 heavy (non-hydrogen) atoms. The van der Waals surface area contributed by atoms with Crippen LogP contribution in [0, 0.1) is 6.92 Å². The molecule has 98 valence electrons. The maximum absolute atomic E-state index is 6.33. The lowest BCUT2D eigenvalue weighted by Crippen LogP contribution is -1.92. The molecule has 0 amide bonds. The molecule has 1 aromatic carbocycles. The highest BCUT2D eigenvalue weighted by Gasteiger charge is 2.15. The average Bonchev–Trinajstić information content (AvgIpc) is 2.73. The lowest BCUT2D eigenvalue weighted by atomic mass is 10.2. The summed E-state index contributed by atoms with van der Waals surface area (Å²) in [4.78, 5) is 7.92. The van der Waals surface area contributed by atoms with E-state index >= 15 is 0 Å². The molecule has 0 aliphatic heterocycles. The van der Waals surface area contributed by atoms with E-state index < -0.39 is 0 Å². The van der Waals surface area contributed by atoms with Crippen LogP contribution < -0.4 is 0 Å². The van der Waals surface area contributed by atoms with Gasteiger partial charge in [-0.15, -0.1) is 24.0 Å². The Balaban J connectivity index is 0.00000162. The van der Waals surface area contributed by atoms with Gasteiger partial charge in [-0.05, 0) is 13.3 Å². The van der Waals surface area contributed by atoms with Crippen LogP contribution in [0.3, 0.4) is 0 Å². The first-order chi connectivity index (χ1) is 8.22. The first kappa shape index (κ1) is 15.1. The predicted molar refractivity (Wildman–Crippen MR) is 79.5 cm³/mol. The van der Waals surface area contributed by atoms with Gasteiger partial charge >= 0.3 is 0 Å². The number of aromatic amines is 1. The minimum Gasteiger partial charge on any atom is -0.342 e. The number of benzene rings is 1. The zero-order valence-corrected chi connectivity index (χ0v) is 12.2. The Morgan fingerprint density at radius 1 is 1.28 bits per heavy atom. The molecule has 0 aliphatic rings. The summed E-state index contributed by atoms with van der Waals surface area (Å²) >= 11 is 6.33. The zero-order chi connectivity index (χ0) is 12.3. The SMILES string of the molecule is CCCC(Cl)c1nc(-c2ccccc2)[nH]c1C.Cl. The molecular weight excluding hydrogens is 267 g/mol. The van der Waals surface area contributed by atoms with E-state index in [0.29, 0.717) is 0 Å². The summed E-state index contributed by atoms with van der Waals surface area (Å²) in [6.07, 6.45) is 2.03. The molecule has 1 aromatic heterocycles. The van der Waals surface area contributed by atoms with Crippen molar-refractivity contribution >= 4 is 24.0 Å². The summed E-state index contributed by atoms with van der Waals surface area (Å²) in [7, 11) is 0. The number of rotatable bonds is 4. The zero-order valence-electron chi connectivity index (χ0n) is 10.6. The topological polar surface area (TPSA) is 28.7 Å². The summed E-state index contributed by atoms with van der Waals surface area (Å²) in [5.74, 6) is 0.903. The maximum Gasteiger partial charge on any atom is 0.137 e. The van der Waals surface area contributed by atoms with Crippen LogP contribution in [-0.2, 0) is 0 Å². The van der Waals surface area contributed by atoms with E-state index in [4.69, 9.17) is 11.6 Å². The number of nitrogens with one attached hydrogen (secondary N) is 1. The Bertz CT molecular complexity index is 480. The first-order valence-corrected chi connectivity index (χ1v) is 6.42. The number of aromatic nitrogens is 2. The number of hydrogen-bond donors (Lipinski definition) is 1. The van der Waals surface area contributed by atoms with Crippen LogP contribution in [0.5, 0.6) is 0 Å². The molecule has 1 heterocycles. The molecule has 2 rings (SSSR count). The minimum absolute atomic E-state index is 0. The second-order valence-electron chi connectivity index (χ2n) is 4.22. The molecule has 0 aliphatic carbocycles. The van der Waals surface area contributed by atoms with Crippen molar-refractivity contribution in [3.8, 4) is 11.4 Å². The lowest BCUT2D eigenvalue weighted by molar-refractivity contribution is 0.751. The van der Waals surface area contributed by atoms with Gasteiger partial charge in [0.1, 0.15) is 5.82 Å². The van der Waals surface area contributed by atoms with Gasteiger partial charge < -0.3 is 4.98 Å². The van der Waals surface area contributed by atoms with Gasteiger partial charge in [-0.1, -0.05) is 43.7 Å². The van der Waals surface area contributed by atoms with Crippen molar-refractivity contribution in [1.82, 2.24) is 9.97 Å². The van der Waals surface area contributed by atoms with Crippen molar-refractivity contribution in [2.45, 2.75) is 32.1 Å². The van der Waals surface area contributed by atoms with Crippen molar-refractivity contribution in [2.24, 2.45) is 0 Å². The summed E-state index contributed by atoms with van der Waals surface area (Å²) in [6.45, 7) is 4.16. The van der Waals surface area contributed by atoms with Crippen LogP contribution >= 0.6 is 24.0 Å². The third-order valence-corrected chi connectivity index (χ3v) is 3.23. The number of alkyl halides is 1. The molecule has 2 nitrogen and oxygen atoms in total. The largest absolute Gasteiger partial charge is 0.342 e. The number of imidazole rings is 1. The second kappa shape index (κ2) is 6.81. The predicted octanol–water partition coefficient (Wildman–Crippen LogP) is 4.89. The number of H-pyrrole nitrogens is 1. The van der Waals surface area contributed by atoms with E-state index in [1.54, 1.807) is 0 Å². The van der Waals surface area contributed by atoms with E-state index in [9.17, 15) is 0 Å². The molecule has 0 saturated carbocycles.